The molecule has 0 rings (SSSR count). The topological polar surface area (TPSA) is 66.7 Å². The number of nitrogens with one attached hydrogen (secondary N) is 2. The lowest BCUT2D eigenvalue weighted by molar-refractivity contribution is 0.371. The monoisotopic (exact) mass is 217 g/mol. The molecule has 0 heterocycles. The van der Waals surface area contributed by atoms with Gasteiger partial charge in [-0.1, -0.05) is 6.58 Å². The lowest BCUT2D eigenvalue weighted by Gasteiger charge is -2.09. The molecule has 80 valence electrons. The van der Waals surface area contributed by atoms with Crippen molar-refractivity contribution >= 4 is 23.8 Å². The highest BCUT2D eigenvalue weighted by atomic mass is 32.2. The largest absolute Gasteiger partial charge is 0.468 e. The Balaban J connectivity index is 4.21. The van der Waals surface area contributed by atoms with Crippen molar-refractivity contribution in [2.75, 3.05) is 26.2 Å². The number of nitrogens with zero attached hydrogens (tertiary/aromatic N) is 1. The minimum Gasteiger partial charge on any atom is -0.468 e. The van der Waals surface area contributed by atoms with Gasteiger partial charge in [0.05, 0.1) is 14.2 Å². The molecule has 6 heteroatoms. The Kier molecular flexibility index (Phi) is 6.65. The molecule has 0 fully saturated rings. The third-order valence-electron chi connectivity index (χ3n) is 1.19. The van der Waals surface area contributed by atoms with Gasteiger partial charge in [-0.2, -0.15) is 11.8 Å². The third-order valence-corrected chi connectivity index (χ3v) is 1.83. The van der Waals surface area contributed by atoms with E-state index in [1.54, 1.807) is 11.8 Å². The second-order valence-electron chi connectivity index (χ2n) is 2.29. The number of aliphatic imine (C=N–C) groups is 1. The van der Waals surface area contributed by atoms with E-state index in [1.807, 2.05) is 6.26 Å². The molecule has 0 spiro atoms. The summed E-state index contributed by atoms with van der Waals surface area (Å²) in [5, 5.41) is 9.98. The summed E-state index contributed by atoms with van der Waals surface area (Å²) >= 11 is 1.63. The summed E-state index contributed by atoms with van der Waals surface area (Å²) in [5.41, 5.74) is 0.766. The van der Waals surface area contributed by atoms with Gasteiger partial charge in [0.2, 0.25) is 0 Å². The predicted molar refractivity (Wildman–Crippen MR) is 59.8 cm³/mol. The highest BCUT2D eigenvalue weighted by molar-refractivity contribution is 7.98. The van der Waals surface area contributed by atoms with E-state index in [-0.39, 0.29) is 12.0 Å². The molecule has 0 bridgehead atoms. The van der Waals surface area contributed by atoms with E-state index in [4.69, 9.17) is 10.1 Å². The van der Waals surface area contributed by atoms with Gasteiger partial charge in [0, 0.05) is 11.4 Å². The van der Waals surface area contributed by atoms with Crippen LogP contribution in [0.5, 0.6) is 0 Å². The molecule has 0 aliphatic heterocycles. The van der Waals surface area contributed by atoms with Gasteiger partial charge in [0.15, 0.2) is 0 Å². The van der Waals surface area contributed by atoms with E-state index >= 15 is 0 Å². The van der Waals surface area contributed by atoms with Gasteiger partial charge in [-0.25, -0.2) is 5.41 Å². The van der Waals surface area contributed by atoms with Crippen LogP contribution in [0.3, 0.4) is 0 Å². The number of hydrogen-bond donors (Lipinski definition) is 2. The van der Waals surface area contributed by atoms with Gasteiger partial charge in [0.1, 0.15) is 0 Å². The highest BCUT2D eigenvalue weighted by Gasteiger charge is 2.01. The molecule has 0 atom stereocenters. The molecular weight excluding hydrogens is 202 g/mol. The van der Waals surface area contributed by atoms with E-state index in [0.717, 1.165) is 11.4 Å². The van der Waals surface area contributed by atoms with Gasteiger partial charge in [-0.05, 0) is 6.26 Å². The van der Waals surface area contributed by atoms with Crippen LogP contribution in [0.1, 0.15) is 0 Å². The summed E-state index contributed by atoms with van der Waals surface area (Å²) in [6.45, 7) is 3.76. The molecule has 0 aromatic carbocycles. The Bertz CT molecular complexity index is 241. The van der Waals surface area contributed by atoms with Gasteiger partial charge in [0.25, 0.3) is 6.02 Å². The molecule has 14 heavy (non-hydrogen) atoms. The third kappa shape index (κ3) is 5.47. The van der Waals surface area contributed by atoms with Crippen LogP contribution in [0, 0.1) is 5.41 Å². The fourth-order valence-electron chi connectivity index (χ4n) is 0.624. The number of thioether (sulfide) groups is 1. The average molecular weight is 217 g/mol. The van der Waals surface area contributed by atoms with Crippen LogP contribution in [0.15, 0.2) is 17.3 Å². The van der Waals surface area contributed by atoms with Crippen LogP contribution in [-0.2, 0) is 9.47 Å². The summed E-state index contributed by atoms with van der Waals surface area (Å²) in [7, 11) is 2.83. The molecule has 0 saturated heterocycles. The van der Waals surface area contributed by atoms with Crippen molar-refractivity contribution in [1.82, 2.24) is 5.32 Å². The summed E-state index contributed by atoms with van der Waals surface area (Å²) in [5.74, 6) is 0.753. The van der Waals surface area contributed by atoms with Crippen LogP contribution in [0.4, 0.5) is 0 Å². The van der Waals surface area contributed by atoms with Crippen LogP contribution < -0.4 is 5.32 Å². The number of rotatable bonds is 3. The van der Waals surface area contributed by atoms with Crippen LogP contribution in [-0.4, -0.2) is 38.3 Å². The zero-order chi connectivity index (χ0) is 11.0. The molecule has 0 aromatic rings. The maximum Gasteiger partial charge on any atom is 0.313 e. The quantitative estimate of drug-likeness (QED) is 0.547. The molecule has 0 aliphatic carbocycles. The molecular formula is C8H15N3O2S. The average Bonchev–Trinajstić information content (AvgIpc) is 2.16. The van der Waals surface area contributed by atoms with Crippen LogP contribution >= 0.6 is 11.8 Å². The first-order valence-corrected chi connectivity index (χ1v) is 5.22. The smallest absolute Gasteiger partial charge is 0.313 e. The fourth-order valence-corrected chi connectivity index (χ4v) is 1.04. The predicted octanol–water partition coefficient (Wildman–Crippen LogP) is 1.04. The van der Waals surface area contributed by atoms with Crippen molar-refractivity contribution in [2.45, 2.75) is 0 Å². The Morgan fingerprint density at radius 2 is 2.14 bits per heavy atom. The molecule has 2 N–H and O–H groups in total. The van der Waals surface area contributed by atoms with Crippen LogP contribution in [0.25, 0.3) is 0 Å². The zero-order valence-corrected chi connectivity index (χ0v) is 9.40. The van der Waals surface area contributed by atoms with Gasteiger partial charge in [-0.15, -0.1) is 4.99 Å². The number of hydrogen-bond acceptors (Lipinski definition) is 4. The Morgan fingerprint density at radius 1 is 1.50 bits per heavy atom. The lowest BCUT2D eigenvalue weighted by atomic mass is 10.6. The molecule has 0 radical (unpaired) electrons. The SMILES string of the molecule is C=C(CSC)NC(=NC(=N)OC)OC. The van der Waals surface area contributed by atoms with Crippen molar-refractivity contribution in [3.05, 3.63) is 12.3 Å². The Morgan fingerprint density at radius 3 is 2.57 bits per heavy atom. The summed E-state index contributed by atoms with van der Waals surface area (Å²) < 4.78 is 9.45. The summed E-state index contributed by atoms with van der Waals surface area (Å²) in [6.07, 6.45) is 1.97. The first kappa shape index (κ1) is 12.8. The maximum atomic E-state index is 7.15. The maximum absolute atomic E-state index is 7.15. The van der Waals surface area contributed by atoms with Crippen molar-refractivity contribution in [3.8, 4) is 0 Å². The summed E-state index contributed by atoms with van der Waals surface area (Å²) in [6, 6.07) is -0.0119. The zero-order valence-electron chi connectivity index (χ0n) is 8.59. The molecule has 0 aromatic heterocycles. The molecule has 0 unspecified atom stereocenters. The van der Waals surface area contributed by atoms with E-state index in [1.165, 1.54) is 14.2 Å². The van der Waals surface area contributed by atoms with Gasteiger partial charge >= 0.3 is 6.02 Å². The van der Waals surface area contributed by atoms with E-state index in [2.05, 4.69) is 21.6 Å². The van der Waals surface area contributed by atoms with Crippen molar-refractivity contribution in [1.29, 1.82) is 5.41 Å². The van der Waals surface area contributed by atoms with Crippen molar-refractivity contribution in [3.63, 3.8) is 0 Å². The first-order chi connectivity index (χ1) is 6.63. The number of amidine groups is 2. The normalized spacial score (nSPS) is 10.6. The van der Waals surface area contributed by atoms with Crippen molar-refractivity contribution in [2.24, 2.45) is 4.99 Å². The minimum absolute atomic E-state index is 0.205. The first-order valence-electron chi connectivity index (χ1n) is 3.83. The number of ether oxygens (including phenoxy) is 2. The second-order valence-corrected chi connectivity index (χ2v) is 3.16. The van der Waals surface area contributed by atoms with Crippen LogP contribution in [0.2, 0.25) is 0 Å². The van der Waals surface area contributed by atoms with E-state index in [9.17, 15) is 0 Å². The molecule has 0 aliphatic rings. The standard InChI is InChI=1S/C8H15N3O2S/c1-6(5-14-4)10-8(13-3)11-7(9)12-2/h1,5H2,2-4H3,(H2,9,10,11). The fraction of sp³-hybridized carbons (Fsp3) is 0.500. The second kappa shape index (κ2) is 7.25. The lowest BCUT2D eigenvalue weighted by Crippen LogP contribution is -2.26. The highest BCUT2D eigenvalue weighted by Crippen LogP contribution is 1.98. The van der Waals surface area contributed by atoms with Gasteiger partial charge in [-0.3, -0.25) is 0 Å². The number of methoxy groups -OCH3 is 2. The van der Waals surface area contributed by atoms with Crippen molar-refractivity contribution < 1.29 is 9.47 Å². The van der Waals surface area contributed by atoms with E-state index in [0.29, 0.717) is 0 Å². The Hall–Kier alpha value is -1.17. The minimum atomic E-state index is -0.216. The van der Waals surface area contributed by atoms with Gasteiger partial charge < -0.3 is 14.8 Å². The van der Waals surface area contributed by atoms with E-state index < -0.39 is 0 Å². The molecule has 0 amide bonds. The summed E-state index contributed by atoms with van der Waals surface area (Å²) in [4.78, 5) is 3.71. The molecule has 0 saturated carbocycles. The molecule has 5 nitrogen and oxygen atoms in total. The Labute approximate surface area is 88.1 Å².